The number of alkyl halides is 4. The molecule has 1 aliphatic carbocycles. The number of benzene rings is 1. The number of hydrogen-bond acceptors (Lipinski definition) is 3. The molecular weight excluding hydrogens is 539 g/mol. The van der Waals surface area contributed by atoms with Crippen LogP contribution >= 0.6 is 34.2 Å². The lowest BCUT2D eigenvalue weighted by atomic mass is 9.86. The molecule has 4 nitrogen and oxygen atoms in total. The minimum atomic E-state index is -4.64. The Kier molecular flexibility index (Phi) is 6.93. The number of carbonyl (C=O) groups excluding carboxylic acids is 1. The van der Waals surface area contributed by atoms with Gasteiger partial charge in [-0.2, -0.15) is 13.2 Å². The molecule has 1 atom stereocenters. The van der Waals surface area contributed by atoms with Crippen molar-refractivity contribution < 1.29 is 27.5 Å². The summed E-state index contributed by atoms with van der Waals surface area (Å²) < 4.78 is 53.5. The van der Waals surface area contributed by atoms with Gasteiger partial charge < -0.3 is 10.4 Å². The first-order chi connectivity index (χ1) is 14.1. The average Bonchev–Trinajstić information content (AvgIpc) is 3.12. The number of nitrogens with one attached hydrogen (secondary N) is 1. The number of hydrogen-bond donors (Lipinski definition) is 2. The van der Waals surface area contributed by atoms with E-state index in [9.17, 15) is 27.5 Å². The van der Waals surface area contributed by atoms with Crippen LogP contribution in [0, 0.1) is 5.82 Å². The fraction of sp³-hybridized carbons (Fsp3) is 0.400. The second kappa shape index (κ2) is 8.96. The normalized spacial score (nSPS) is 17.0. The highest BCUT2D eigenvalue weighted by molar-refractivity contribution is 14.1. The van der Waals surface area contributed by atoms with Crippen LogP contribution in [0.2, 0.25) is 5.02 Å². The first-order valence-electron chi connectivity index (χ1n) is 9.16. The maximum atomic E-state index is 13.5. The van der Waals surface area contributed by atoms with Gasteiger partial charge in [0.2, 0.25) is 0 Å². The Morgan fingerprint density at radius 1 is 1.30 bits per heavy atom. The van der Waals surface area contributed by atoms with Gasteiger partial charge in [0.1, 0.15) is 11.5 Å². The molecule has 30 heavy (non-hydrogen) atoms. The molecule has 1 heterocycles. The SMILES string of the molecule is O=C(NC(c1ccc(F)cc1Cl)C1(O)CCCC1)c1nccc(C(F)(F)F)c1CI. The zero-order chi connectivity index (χ0) is 22.1. The highest BCUT2D eigenvalue weighted by atomic mass is 127. The number of aromatic nitrogens is 1. The summed E-state index contributed by atoms with van der Waals surface area (Å²) in [6, 6.07) is 3.37. The molecule has 1 aliphatic rings. The summed E-state index contributed by atoms with van der Waals surface area (Å²) in [6.45, 7) is 0. The lowest BCUT2D eigenvalue weighted by Gasteiger charge is -2.34. The van der Waals surface area contributed by atoms with Crippen LogP contribution in [0.4, 0.5) is 17.6 Å². The number of halogens is 6. The van der Waals surface area contributed by atoms with Gasteiger partial charge in [-0.1, -0.05) is 53.1 Å². The van der Waals surface area contributed by atoms with Gasteiger partial charge in [-0.15, -0.1) is 0 Å². The molecule has 1 aromatic heterocycles. The van der Waals surface area contributed by atoms with E-state index >= 15 is 0 Å². The highest BCUT2D eigenvalue weighted by Crippen LogP contribution is 2.42. The quantitative estimate of drug-likeness (QED) is 0.286. The highest BCUT2D eigenvalue weighted by Gasteiger charge is 2.43. The van der Waals surface area contributed by atoms with Crippen molar-refractivity contribution in [3.63, 3.8) is 0 Å². The fourth-order valence-electron chi connectivity index (χ4n) is 3.80. The zero-order valence-electron chi connectivity index (χ0n) is 15.6. The predicted octanol–water partition coefficient (Wildman–Crippen LogP) is 5.60. The third-order valence-corrected chi connectivity index (χ3v) is 6.36. The van der Waals surface area contributed by atoms with E-state index in [0.29, 0.717) is 31.2 Å². The molecule has 10 heteroatoms. The first-order valence-corrected chi connectivity index (χ1v) is 11.1. The Balaban J connectivity index is 2.03. The molecule has 1 aromatic carbocycles. The Morgan fingerprint density at radius 3 is 2.53 bits per heavy atom. The third-order valence-electron chi connectivity index (χ3n) is 5.27. The molecule has 162 valence electrons. The van der Waals surface area contributed by atoms with Gasteiger partial charge in [0.15, 0.2) is 0 Å². The van der Waals surface area contributed by atoms with Crippen LogP contribution in [0.5, 0.6) is 0 Å². The summed E-state index contributed by atoms with van der Waals surface area (Å²) in [6.07, 6.45) is -1.56. The molecule has 2 N–H and O–H groups in total. The minimum Gasteiger partial charge on any atom is -0.387 e. The molecule has 1 unspecified atom stereocenters. The summed E-state index contributed by atoms with van der Waals surface area (Å²) in [5.41, 5.74) is -2.62. The van der Waals surface area contributed by atoms with Crippen LogP contribution in [-0.4, -0.2) is 21.6 Å². The summed E-state index contributed by atoms with van der Waals surface area (Å²) in [7, 11) is 0. The lowest BCUT2D eigenvalue weighted by Crippen LogP contribution is -2.45. The minimum absolute atomic E-state index is 0.00624. The van der Waals surface area contributed by atoms with E-state index < -0.39 is 35.1 Å². The largest absolute Gasteiger partial charge is 0.416 e. The van der Waals surface area contributed by atoms with Crippen molar-refractivity contribution in [3.05, 3.63) is 63.7 Å². The lowest BCUT2D eigenvalue weighted by molar-refractivity contribution is -0.138. The smallest absolute Gasteiger partial charge is 0.387 e. The second-order valence-electron chi connectivity index (χ2n) is 7.20. The summed E-state index contributed by atoms with van der Waals surface area (Å²) in [5.74, 6) is -1.45. The molecule has 1 saturated carbocycles. The monoisotopic (exact) mass is 556 g/mol. The van der Waals surface area contributed by atoms with Crippen molar-refractivity contribution in [2.24, 2.45) is 0 Å². The average molecular weight is 557 g/mol. The molecule has 3 rings (SSSR count). The predicted molar refractivity (Wildman–Crippen MR) is 112 cm³/mol. The van der Waals surface area contributed by atoms with Crippen LogP contribution in [0.25, 0.3) is 0 Å². The molecule has 0 aliphatic heterocycles. The Bertz CT molecular complexity index is 949. The van der Waals surface area contributed by atoms with Crippen LogP contribution in [-0.2, 0) is 10.6 Å². The van der Waals surface area contributed by atoms with E-state index in [1.54, 1.807) is 22.6 Å². The molecule has 1 fully saturated rings. The van der Waals surface area contributed by atoms with Crippen molar-refractivity contribution in [3.8, 4) is 0 Å². The van der Waals surface area contributed by atoms with Crippen LogP contribution in [0.1, 0.15) is 58.9 Å². The first kappa shape index (κ1) is 23.2. The van der Waals surface area contributed by atoms with Crippen LogP contribution < -0.4 is 5.32 Å². The maximum Gasteiger partial charge on any atom is 0.416 e. The van der Waals surface area contributed by atoms with Crippen molar-refractivity contribution in [2.75, 3.05) is 0 Å². The molecule has 1 amide bonds. The summed E-state index contributed by atoms with van der Waals surface area (Å²) >= 11 is 7.91. The van der Waals surface area contributed by atoms with E-state index in [4.69, 9.17) is 11.6 Å². The molecular formula is C20H18ClF4IN2O2. The van der Waals surface area contributed by atoms with Crippen molar-refractivity contribution in [1.29, 1.82) is 0 Å². The Labute approximate surface area is 189 Å². The number of amides is 1. The number of carbonyl (C=O) groups is 1. The molecule has 0 saturated heterocycles. The third kappa shape index (κ3) is 4.72. The van der Waals surface area contributed by atoms with Crippen LogP contribution in [0.3, 0.4) is 0 Å². The van der Waals surface area contributed by atoms with Crippen LogP contribution in [0.15, 0.2) is 30.5 Å². The number of rotatable bonds is 5. The van der Waals surface area contributed by atoms with Gasteiger partial charge in [-0.3, -0.25) is 9.78 Å². The molecule has 2 aromatic rings. The Hall–Kier alpha value is -1.46. The zero-order valence-corrected chi connectivity index (χ0v) is 18.5. The molecule has 0 bridgehead atoms. The number of aliphatic hydroxyl groups is 1. The van der Waals surface area contributed by atoms with Gasteiger partial charge in [0.25, 0.3) is 5.91 Å². The van der Waals surface area contributed by atoms with Crippen molar-refractivity contribution in [1.82, 2.24) is 10.3 Å². The van der Waals surface area contributed by atoms with E-state index in [2.05, 4.69) is 10.3 Å². The van der Waals surface area contributed by atoms with E-state index in [-0.39, 0.29) is 20.7 Å². The van der Waals surface area contributed by atoms with Crippen molar-refractivity contribution >= 4 is 40.1 Å². The molecule has 0 radical (unpaired) electrons. The number of pyridine rings is 1. The second-order valence-corrected chi connectivity index (χ2v) is 8.37. The number of nitrogens with zero attached hydrogens (tertiary/aromatic N) is 1. The van der Waals surface area contributed by atoms with E-state index in [1.165, 1.54) is 6.07 Å². The summed E-state index contributed by atoms with van der Waals surface area (Å²) in [4.78, 5) is 16.9. The van der Waals surface area contributed by atoms with Gasteiger partial charge in [-0.05, 0) is 36.6 Å². The van der Waals surface area contributed by atoms with Gasteiger partial charge in [0, 0.05) is 21.2 Å². The molecule has 0 spiro atoms. The topological polar surface area (TPSA) is 62.2 Å². The van der Waals surface area contributed by atoms with Gasteiger partial charge >= 0.3 is 6.18 Å². The maximum absolute atomic E-state index is 13.5. The van der Waals surface area contributed by atoms with Crippen molar-refractivity contribution in [2.45, 2.75) is 47.9 Å². The van der Waals surface area contributed by atoms with Gasteiger partial charge in [-0.25, -0.2) is 4.39 Å². The van der Waals surface area contributed by atoms with E-state index in [1.807, 2.05) is 0 Å². The van der Waals surface area contributed by atoms with E-state index in [0.717, 1.165) is 24.4 Å². The fourth-order valence-corrected chi connectivity index (χ4v) is 4.85. The Morgan fingerprint density at radius 2 is 1.97 bits per heavy atom. The van der Waals surface area contributed by atoms with Gasteiger partial charge in [0.05, 0.1) is 17.2 Å². The standard InChI is InChI=1S/C20H18ClF4IN2O2/c21-15-9-11(22)3-4-12(15)17(19(30)6-1-2-7-19)28-18(29)16-13(10-26)14(5-8-27-16)20(23,24)25/h3-5,8-9,17,30H,1-2,6-7,10H2,(H,28,29). The summed E-state index contributed by atoms with van der Waals surface area (Å²) in [5, 5.41) is 13.8.